The molecule has 1 aliphatic rings. The van der Waals surface area contributed by atoms with E-state index < -0.39 is 5.82 Å². The topological polar surface area (TPSA) is 72.1 Å². The predicted octanol–water partition coefficient (Wildman–Crippen LogP) is 3.48. The zero-order chi connectivity index (χ0) is 20.3. The molecule has 1 aromatic carbocycles. The molecule has 0 saturated heterocycles. The van der Waals surface area contributed by atoms with Gasteiger partial charge in [-0.15, -0.1) is 0 Å². The minimum absolute atomic E-state index is 0.000444. The molecule has 7 heteroatoms. The molecular formula is C21H26ClFN4O. The van der Waals surface area contributed by atoms with E-state index in [2.05, 4.69) is 23.8 Å². The number of carbonyl (C=O) groups is 1. The van der Waals surface area contributed by atoms with Crippen LogP contribution in [0.4, 0.5) is 4.39 Å². The van der Waals surface area contributed by atoms with Gasteiger partial charge in [0.15, 0.2) is 0 Å². The van der Waals surface area contributed by atoms with Crippen LogP contribution in [0.2, 0.25) is 5.02 Å². The highest BCUT2D eigenvalue weighted by atomic mass is 35.5. The van der Waals surface area contributed by atoms with Crippen molar-refractivity contribution in [3.05, 3.63) is 57.9 Å². The molecule has 150 valence electrons. The highest BCUT2D eigenvalue weighted by Gasteiger charge is 2.25. The molecule has 0 aliphatic carbocycles. The monoisotopic (exact) mass is 404 g/mol. The Kier molecular flexibility index (Phi) is 6.62. The number of hydrogen-bond donors (Lipinski definition) is 1. The maximum absolute atomic E-state index is 13.8. The number of amides is 1. The van der Waals surface area contributed by atoms with Crippen LogP contribution >= 0.6 is 11.6 Å². The van der Waals surface area contributed by atoms with Crippen molar-refractivity contribution in [2.75, 3.05) is 13.1 Å². The Morgan fingerprint density at radius 1 is 1.39 bits per heavy atom. The number of halogens is 2. The number of nitrogens with zero attached hydrogens (tertiary/aromatic N) is 3. The first-order valence-electron chi connectivity index (χ1n) is 9.63. The highest BCUT2D eigenvalue weighted by molar-refractivity contribution is 6.30. The third kappa shape index (κ3) is 4.86. The third-order valence-electron chi connectivity index (χ3n) is 5.06. The fraction of sp³-hybridized carbons (Fsp3) is 0.476. The Labute approximate surface area is 170 Å². The second-order valence-electron chi connectivity index (χ2n) is 7.73. The van der Waals surface area contributed by atoms with E-state index in [0.717, 1.165) is 29.9 Å². The molecular weight excluding hydrogens is 379 g/mol. The van der Waals surface area contributed by atoms with Crippen LogP contribution in [0, 0.1) is 11.7 Å². The van der Waals surface area contributed by atoms with Crippen LogP contribution in [0.3, 0.4) is 0 Å². The maximum atomic E-state index is 13.8. The Morgan fingerprint density at radius 2 is 2.18 bits per heavy atom. The quantitative estimate of drug-likeness (QED) is 0.799. The lowest BCUT2D eigenvalue weighted by Crippen LogP contribution is -2.38. The van der Waals surface area contributed by atoms with Crippen LogP contribution in [0.5, 0.6) is 0 Å². The Hall–Kier alpha value is -2.05. The van der Waals surface area contributed by atoms with Crippen LogP contribution in [0.25, 0.3) is 0 Å². The number of rotatable bonds is 6. The summed E-state index contributed by atoms with van der Waals surface area (Å²) in [6, 6.07) is 4.60. The zero-order valence-electron chi connectivity index (χ0n) is 16.3. The molecule has 1 unspecified atom stereocenters. The van der Waals surface area contributed by atoms with Gasteiger partial charge in [0, 0.05) is 31.5 Å². The standard InChI is InChI=1S/C21H26ClFN4O/c1-13(2)7-20-25-11-15-5-6-27(12-19(15)26-20)21(28)9-16(10-24)14-3-4-17(22)18(23)8-14/h3-4,8,11,13,16H,5-7,9-10,12,24H2,1-2H3. The lowest BCUT2D eigenvalue weighted by atomic mass is 9.94. The van der Waals surface area contributed by atoms with Crippen molar-refractivity contribution in [3.8, 4) is 0 Å². The lowest BCUT2D eigenvalue weighted by molar-refractivity contribution is -0.132. The summed E-state index contributed by atoms with van der Waals surface area (Å²) < 4.78 is 13.8. The number of carbonyl (C=O) groups excluding carboxylic acids is 1. The minimum Gasteiger partial charge on any atom is -0.336 e. The minimum atomic E-state index is -0.494. The van der Waals surface area contributed by atoms with E-state index in [0.29, 0.717) is 24.6 Å². The number of fused-ring (bicyclic) bond motifs is 1. The molecule has 28 heavy (non-hydrogen) atoms. The molecule has 3 rings (SSSR count). The fourth-order valence-corrected chi connectivity index (χ4v) is 3.58. The number of hydrogen-bond acceptors (Lipinski definition) is 4. The lowest BCUT2D eigenvalue weighted by Gasteiger charge is -2.29. The summed E-state index contributed by atoms with van der Waals surface area (Å²) in [4.78, 5) is 23.8. The number of nitrogens with two attached hydrogens (primary N) is 1. The Morgan fingerprint density at radius 3 is 2.86 bits per heavy atom. The van der Waals surface area contributed by atoms with Gasteiger partial charge in [-0.05, 0) is 42.1 Å². The van der Waals surface area contributed by atoms with E-state index in [1.54, 1.807) is 6.07 Å². The van der Waals surface area contributed by atoms with E-state index in [1.807, 2.05) is 11.1 Å². The van der Waals surface area contributed by atoms with Gasteiger partial charge in [-0.2, -0.15) is 0 Å². The summed E-state index contributed by atoms with van der Waals surface area (Å²) in [5.41, 5.74) is 8.58. The van der Waals surface area contributed by atoms with Gasteiger partial charge in [-0.1, -0.05) is 31.5 Å². The van der Waals surface area contributed by atoms with Gasteiger partial charge in [0.1, 0.15) is 11.6 Å². The molecule has 1 atom stereocenters. The Balaban J connectivity index is 1.70. The molecule has 2 N–H and O–H groups in total. The predicted molar refractivity (Wildman–Crippen MR) is 108 cm³/mol. The van der Waals surface area contributed by atoms with Gasteiger partial charge in [-0.3, -0.25) is 4.79 Å². The maximum Gasteiger partial charge on any atom is 0.223 e. The first-order valence-corrected chi connectivity index (χ1v) is 10.0. The first kappa shape index (κ1) is 20.7. The molecule has 0 spiro atoms. The van der Waals surface area contributed by atoms with Gasteiger partial charge in [-0.25, -0.2) is 14.4 Å². The molecule has 5 nitrogen and oxygen atoms in total. The van der Waals surface area contributed by atoms with Crippen LogP contribution < -0.4 is 5.73 Å². The number of aromatic nitrogens is 2. The zero-order valence-corrected chi connectivity index (χ0v) is 17.0. The molecule has 2 heterocycles. The number of benzene rings is 1. The second-order valence-corrected chi connectivity index (χ2v) is 8.14. The third-order valence-corrected chi connectivity index (χ3v) is 5.37. The largest absolute Gasteiger partial charge is 0.336 e. The smallest absolute Gasteiger partial charge is 0.223 e. The van der Waals surface area contributed by atoms with Crippen molar-refractivity contribution >= 4 is 17.5 Å². The summed E-state index contributed by atoms with van der Waals surface area (Å²) in [6.07, 6.45) is 3.68. The van der Waals surface area contributed by atoms with E-state index in [-0.39, 0.29) is 29.8 Å². The van der Waals surface area contributed by atoms with E-state index in [1.165, 1.54) is 12.1 Å². The molecule has 1 amide bonds. The van der Waals surface area contributed by atoms with E-state index in [9.17, 15) is 9.18 Å². The summed E-state index contributed by atoms with van der Waals surface area (Å²) in [7, 11) is 0. The highest BCUT2D eigenvalue weighted by Crippen LogP contribution is 2.25. The van der Waals surface area contributed by atoms with Crippen molar-refractivity contribution in [1.82, 2.24) is 14.9 Å². The molecule has 1 aromatic heterocycles. The fourth-order valence-electron chi connectivity index (χ4n) is 3.46. The molecule has 2 aromatic rings. The molecule has 0 radical (unpaired) electrons. The van der Waals surface area contributed by atoms with E-state index >= 15 is 0 Å². The molecule has 0 saturated carbocycles. The average Bonchev–Trinajstić information content (AvgIpc) is 2.67. The normalized spacial score (nSPS) is 14.9. The van der Waals surface area contributed by atoms with Gasteiger partial charge < -0.3 is 10.6 Å². The van der Waals surface area contributed by atoms with Gasteiger partial charge in [0.25, 0.3) is 0 Å². The van der Waals surface area contributed by atoms with Crippen molar-refractivity contribution < 1.29 is 9.18 Å². The van der Waals surface area contributed by atoms with Crippen LogP contribution in [-0.2, 0) is 24.2 Å². The Bertz CT molecular complexity index is 858. The summed E-state index contributed by atoms with van der Waals surface area (Å²) in [5.74, 6) is 0.554. The first-order chi connectivity index (χ1) is 13.4. The van der Waals surface area contributed by atoms with Crippen molar-refractivity contribution in [3.63, 3.8) is 0 Å². The summed E-state index contributed by atoms with van der Waals surface area (Å²) >= 11 is 5.75. The van der Waals surface area contributed by atoms with Crippen LogP contribution in [0.1, 0.15) is 48.8 Å². The van der Waals surface area contributed by atoms with Gasteiger partial charge in [0.05, 0.1) is 17.3 Å². The second kappa shape index (κ2) is 8.97. The van der Waals surface area contributed by atoms with E-state index in [4.69, 9.17) is 17.3 Å². The summed E-state index contributed by atoms with van der Waals surface area (Å²) in [6.45, 7) is 5.63. The average molecular weight is 405 g/mol. The molecule has 0 fully saturated rings. The SMILES string of the molecule is CC(C)Cc1ncc2c(n1)CN(C(=O)CC(CN)c1ccc(Cl)c(F)c1)CC2. The van der Waals surface area contributed by atoms with Crippen molar-refractivity contribution in [2.24, 2.45) is 11.7 Å². The van der Waals surface area contributed by atoms with Crippen molar-refractivity contribution in [1.29, 1.82) is 0 Å². The molecule has 0 bridgehead atoms. The van der Waals surface area contributed by atoms with Gasteiger partial charge in [0.2, 0.25) is 5.91 Å². The molecule has 1 aliphatic heterocycles. The van der Waals surface area contributed by atoms with Crippen molar-refractivity contribution in [2.45, 2.75) is 45.6 Å². The van der Waals surface area contributed by atoms with Crippen LogP contribution in [0.15, 0.2) is 24.4 Å². The van der Waals surface area contributed by atoms with Gasteiger partial charge >= 0.3 is 0 Å². The summed E-state index contributed by atoms with van der Waals surface area (Å²) in [5, 5.41) is 0.0652. The van der Waals surface area contributed by atoms with Crippen LogP contribution in [-0.4, -0.2) is 33.9 Å².